The summed E-state index contributed by atoms with van der Waals surface area (Å²) in [5, 5.41) is 20.1. The number of Topliss-reactive ketones (excluding diaryl/α,β-unsaturated/α-hetero) is 1. The average molecular weight is 343 g/mol. The monoisotopic (exact) mass is 343 g/mol. The van der Waals surface area contributed by atoms with Crippen LogP contribution >= 0.6 is 0 Å². The summed E-state index contributed by atoms with van der Waals surface area (Å²) >= 11 is 0. The van der Waals surface area contributed by atoms with Crippen LogP contribution in [-0.2, 0) is 9.53 Å². The molecule has 0 saturated heterocycles. The van der Waals surface area contributed by atoms with Crippen LogP contribution in [0.1, 0.15) is 22.2 Å². The molecule has 2 heterocycles. The number of ketones is 1. The highest BCUT2D eigenvalue weighted by Gasteiger charge is 2.44. The highest BCUT2D eigenvalue weighted by Crippen LogP contribution is 2.39. The summed E-state index contributed by atoms with van der Waals surface area (Å²) in [4.78, 5) is 26.6. The SMILES string of the molecule is COCCN1C(=O)C(O)=C(C(=O)c2ccco2)[C@H]1c1cccc(O)c1. The molecule has 0 unspecified atom stereocenters. The summed E-state index contributed by atoms with van der Waals surface area (Å²) in [6.07, 6.45) is 1.34. The molecule has 1 aromatic carbocycles. The predicted molar refractivity (Wildman–Crippen MR) is 87.1 cm³/mol. The zero-order chi connectivity index (χ0) is 18.0. The molecule has 25 heavy (non-hydrogen) atoms. The van der Waals surface area contributed by atoms with E-state index in [1.807, 2.05) is 0 Å². The number of aliphatic hydroxyl groups excluding tert-OH is 1. The van der Waals surface area contributed by atoms with Crippen molar-refractivity contribution >= 4 is 11.7 Å². The van der Waals surface area contributed by atoms with Gasteiger partial charge < -0.3 is 24.3 Å². The van der Waals surface area contributed by atoms with E-state index in [2.05, 4.69) is 0 Å². The number of methoxy groups -OCH3 is 1. The maximum atomic E-state index is 12.8. The van der Waals surface area contributed by atoms with Crippen molar-refractivity contribution in [2.45, 2.75) is 6.04 Å². The third kappa shape index (κ3) is 3.01. The number of aromatic hydroxyl groups is 1. The van der Waals surface area contributed by atoms with E-state index < -0.39 is 23.5 Å². The quantitative estimate of drug-likeness (QED) is 0.780. The molecule has 0 saturated carbocycles. The van der Waals surface area contributed by atoms with Crippen LogP contribution in [0, 0.1) is 0 Å². The van der Waals surface area contributed by atoms with Crippen LogP contribution in [0.3, 0.4) is 0 Å². The Kier molecular flexibility index (Phi) is 4.58. The van der Waals surface area contributed by atoms with E-state index in [0.29, 0.717) is 5.56 Å². The molecule has 0 spiro atoms. The third-order valence-electron chi connectivity index (χ3n) is 4.02. The zero-order valence-corrected chi connectivity index (χ0v) is 13.5. The smallest absolute Gasteiger partial charge is 0.290 e. The molecule has 130 valence electrons. The number of phenolic OH excluding ortho intramolecular Hbond substituents is 1. The van der Waals surface area contributed by atoms with Crippen molar-refractivity contribution in [1.29, 1.82) is 0 Å². The van der Waals surface area contributed by atoms with Crippen LogP contribution in [0.5, 0.6) is 5.75 Å². The van der Waals surface area contributed by atoms with Gasteiger partial charge in [0.15, 0.2) is 11.5 Å². The minimum atomic E-state index is -0.840. The molecule has 7 heteroatoms. The Morgan fingerprint density at radius 1 is 1.28 bits per heavy atom. The Morgan fingerprint density at radius 3 is 2.72 bits per heavy atom. The molecule has 0 radical (unpaired) electrons. The van der Waals surface area contributed by atoms with Gasteiger partial charge in [-0.05, 0) is 29.8 Å². The van der Waals surface area contributed by atoms with E-state index in [9.17, 15) is 19.8 Å². The number of furan rings is 1. The number of aliphatic hydroxyl groups is 1. The van der Waals surface area contributed by atoms with Crippen molar-refractivity contribution in [3.63, 3.8) is 0 Å². The van der Waals surface area contributed by atoms with E-state index >= 15 is 0 Å². The van der Waals surface area contributed by atoms with Crippen LogP contribution in [-0.4, -0.2) is 47.1 Å². The third-order valence-corrected chi connectivity index (χ3v) is 4.02. The van der Waals surface area contributed by atoms with Gasteiger partial charge in [-0.2, -0.15) is 0 Å². The number of phenols is 1. The molecule has 0 aliphatic carbocycles. The number of carbonyl (C=O) groups is 2. The second-order valence-electron chi connectivity index (χ2n) is 5.56. The predicted octanol–water partition coefficient (Wildman–Crippen LogP) is 2.21. The molecule has 2 aromatic rings. The topological polar surface area (TPSA) is 100 Å². The molecule has 0 bridgehead atoms. The first-order valence-electron chi connectivity index (χ1n) is 7.64. The highest BCUT2D eigenvalue weighted by molar-refractivity contribution is 6.15. The second-order valence-corrected chi connectivity index (χ2v) is 5.56. The molecule has 1 amide bonds. The van der Waals surface area contributed by atoms with E-state index in [4.69, 9.17) is 9.15 Å². The number of ether oxygens (including phenoxy) is 1. The van der Waals surface area contributed by atoms with Crippen LogP contribution in [0.2, 0.25) is 0 Å². The van der Waals surface area contributed by atoms with Gasteiger partial charge in [-0.1, -0.05) is 12.1 Å². The van der Waals surface area contributed by atoms with Gasteiger partial charge in [-0.3, -0.25) is 9.59 Å². The van der Waals surface area contributed by atoms with E-state index in [0.717, 1.165) is 0 Å². The van der Waals surface area contributed by atoms with Gasteiger partial charge >= 0.3 is 0 Å². The maximum absolute atomic E-state index is 12.8. The lowest BCUT2D eigenvalue weighted by Crippen LogP contribution is -2.33. The van der Waals surface area contributed by atoms with Crippen LogP contribution < -0.4 is 0 Å². The number of rotatable bonds is 6. The number of benzene rings is 1. The number of amides is 1. The number of nitrogens with zero attached hydrogens (tertiary/aromatic N) is 1. The fraction of sp³-hybridized carbons (Fsp3) is 0.222. The fourth-order valence-corrected chi connectivity index (χ4v) is 2.89. The molecule has 3 rings (SSSR count). The standard InChI is InChI=1S/C18H17NO6/c1-24-9-7-19-15(11-4-2-5-12(20)10-11)14(17(22)18(19)23)16(21)13-6-3-8-25-13/h2-6,8,10,15,20,22H,7,9H2,1H3/t15-/m1/s1. The molecule has 7 nitrogen and oxygen atoms in total. The molecule has 1 aliphatic heterocycles. The zero-order valence-electron chi connectivity index (χ0n) is 13.5. The normalized spacial score (nSPS) is 17.4. The van der Waals surface area contributed by atoms with Crippen molar-refractivity contribution in [3.05, 3.63) is 65.3 Å². The van der Waals surface area contributed by atoms with Gasteiger partial charge in [-0.15, -0.1) is 0 Å². The first-order valence-corrected chi connectivity index (χ1v) is 7.64. The largest absolute Gasteiger partial charge is 0.508 e. The lowest BCUT2D eigenvalue weighted by molar-refractivity contribution is -0.130. The van der Waals surface area contributed by atoms with Gasteiger partial charge in [-0.25, -0.2) is 0 Å². The van der Waals surface area contributed by atoms with Crippen molar-refractivity contribution in [2.75, 3.05) is 20.3 Å². The Hall–Kier alpha value is -3.06. The molecule has 0 fully saturated rings. The molecule has 1 aromatic heterocycles. The minimum absolute atomic E-state index is 0.00664. The number of carbonyl (C=O) groups excluding carboxylic acids is 2. The molecule has 2 N–H and O–H groups in total. The van der Waals surface area contributed by atoms with Gasteiger partial charge in [0.2, 0.25) is 5.78 Å². The summed E-state index contributed by atoms with van der Waals surface area (Å²) in [6, 6.07) is 8.38. The van der Waals surface area contributed by atoms with Gasteiger partial charge in [0.25, 0.3) is 5.91 Å². The summed E-state index contributed by atoms with van der Waals surface area (Å²) < 4.78 is 10.1. The van der Waals surface area contributed by atoms with Crippen LogP contribution in [0.25, 0.3) is 0 Å². The van der Waals surface area contributed by atoms with E-state index in [1.54, 1.807) is 18.2 Å². The minimum Gasteiger partial charge on any atom is -0.508 e. The highest BCUT2D eigenvalue weighted by atomic mass is 16.5. The van der Waals surface area contributed by atoms with Crippen molar-refractivity contribution in [3.8, 4) is 5.75 Å². The summed E-state index contributed by atoms with van der Waals surface area (Å²) in [6.45, 7) is 0.408. The van der Waals surface area contributed by atoms with Crippen LogP contribution in [0.4, 0.5) is 0 Å². The second kappa shape index (κ2) is 6.82. The Bertz CT molecular complexity index is 824. The Morgan fingerprint density at radius 2 is 2.08 bits per heavy atom. The number of hydrogen-bond donors (Lipinski definition) is 2. The molecular formula is C18H17NO6. The first kappa shape index (κ1) is 16.8. The molecular weight excluding hydrogens is 326 g/mol. The van der Waals surface area contributed by atoms with Crippen molar-refractivity contribution in [2.24, 2.45) is 0 Å². The van der Waals surface area contributed by atoms with Crippen LogP contribution in [0.15, 0.2) is 58.4 Å². The summed E-state index contributed by atoms with van der Waals surface area (Å²) in [7, 11) is 1.49. The van der Waals surface area contributed by atoms with E-state index in [-0.39, 0.29) is 30.2 Å². The Labute approximate surface area is 143 Å². The van der Waals surface area contributed by atoms with Crippen molar-refractivity contribution < 1.29 is 29.0 Å². The lowest BCUT2D eigenvalue weighted by atomic mass is 9.95. The number of hydrogen-bond acceptors (Lipinski definition) is 6. The van der Waals surface area contributed by atoms with Gasteiger partial charge in [0, 0.05) is 13.7 Å². The lowest BCUT2D eigenvalue weighted by Gasteiger charge is -2.26. The summed E-state index contributed by atoms with van der Waals surface area (Å²) in [5.41, 5.74) is 0.421. The first-order chi connectivity index (χ1) is 12.0. The van der Waals surface area contributed by atoms with E-state index in [1.165, 1.54) is 36.5 Å². The maximum Gasteiger partial charge on any atom is 0.290 e. The Balaban J connectivity index is 2.08. The summed E-state index contributed by atoms with van der Waals surface area (Å²) in [5.74, 6) is -1.85. The van der Waals surface area contributed by atoms with Gasteiger partial charge in [0.1, 0.15) is 5.75 Å². The molecule has 1 aliphatic rings. The molecule has 1 atom stereocenters. The van der Waals surface area contributed by atoms with Crippen molar-refractivity contribution in [1.82, 2.24) is 4.90 Å². The fourth-order valence-electron chi connectivity index (χ4n) is 2.89. The van der Waals surface area contributed by atoms with Gasteiger partial charge in [0.05, 0.1) is 24.5 Å². The average Bonchev–Trinajstić information content (AvgIpc) is 3.21.